The number of carbonyl (C=O) groups excluding carboxylic acids is 1. The van der Waals surface area contributed by atoms with Crippen molar-refractivity contribution in [3.05, 3.63) is 12.7 Å². The Morgan fingerprint density at radius 2 is 2.27 bits per heavy atom. The molecule has 1 aliphatic rings. The van der Waals surface area contributed by atoms with E-state index in [4.69, 9.17) is 4.74 Å². The van der Waals surface area contributed by atoms with E-state index in [2.05, 4.69) is 11.9 Å². The van der Waals surface area contributed by atoms with E-state index in [1.54, 1.807) is 0 Å². The van der Waals surface area contributed by atoms with Gasteiger partial charge >= 0.3 is 5.97 Å². The lowest BCUT2D eigenvalue weighted by Gasteiger charge is -2.25. The molecule has 0 aromatic rings. The summed E-state index contributed by atoms with van der Waals surface area (Å²) in [6, 6.07) is -0.0989. The number of carbonyl (C=O) groups is 1. The van der Waals surface area contributed by atoms with E-state index in [1.807, 2.05) is 19.9 Å². The van der Waals surface area contributed by atoms with Gasteiger partial charge in [-0.25, -0.2) is 0 Å². The van der Waals surface area contributed by atoms with Crippen molar-refractivity contribution in [1.29, 1.82) is 0 Å². The van der Waals surface area contributed by atoms with E-state index in [-0.39, 0.29) is 24.0 Å². The smallest absolute Gasteiger partial charge is 0.323 e. The van der Waals surface area contributed by atoms with E-state index in [0.29, 0.717) is 0 Å². The fraction of sp³-hybridized carbons (Fsp3) is 0.750. The fourth-order valence-electron chi connectivity index (χ4n) is 1.62. The maximum atomic E-state index is 11.7. The van der Waals surface area contributed by atoms with Crippen LogP contribution in [0.15, 0.2) is 12.7 Å². The van der Waals surface area contributed by atoms with Crippen LogP contribution in [0, 0.1) is 5.92 Å². The van der Waals surface area contributed by atoms with Gasteiger partial charge in [0.25, 0.3) is 0 Å². The predicted octanol–water partition coefficient (Wildman–Crippen LogP) is 1.88. The van der Waals surface area contributed by atoms with Gasteiger partial charge in [-0.2, -0.15) is 0 Å². The summed E-state index contributed by atoms with van der Waals surface area (Å²) in [6.07, 6.45) is 4.89. The van der Waals surface area contributed by atoms with Gasteiger partial charge in [-0.1, -0.05) is 19.4 Å². The molecule has 1 heterocycles. The molecular formula is C12H21NO2. The average Bonchev–Trinajstić information content (AvgIpc) is 2.29. The van der Waals surface area contributed by atoms with Crippen LogP contribution in [0.1, 0.15) is 33.1 Å². The third kappa shape index (κ3) is 3.67. The van der Waals surface area contributed by atoms with Crippen LogP contribution in [0.2, 0.25) is 0 Å². The zero-order valence-corrected chi connectivity index (χ0v) is 9.66. The molecule has 15 heavy (non-hydrogen) atoms. The molecule has 1 N–H and O–H groups in total. The number of nitrogens with one attached hydrogen (secondary N) is 1. The lowest BCUT2D eigenvalue weighted by atomic mass is 10.0. The van der Waals surface area contributed by atoms with Crippen LogP contribution in [-0.4, -0.2) is 24.7 Å². The van der Waals surface area contributed by atoms with Gasteiger partial charge in [-0.3, -0.25) is 4.79 Å². The molecule has 3 nitrogen and oxygen atoms in total. The third-order valence-corrected chi connectivity index (χ3v) is 3.01. The minimum absolute atomic E-state index is 0.0845. The molecule has 0 unspecified atom stereocenters. The molecule has 3 heteroatoms. The Labute approximate surface area is 91.9 Å². The lowest BCUT2D eigenvalue weighted by molar-refractivity contribution is -0.152. The highest BCUT2D eigenvalue weighted by Gasteiger charge is 2.24. The Balaban J connectivity index is 2.36. The van der Waals surface area contributed by atoms with Gasteiger partial charge < -0.3 is 10.1 Å². The van der Waals surface area contributed by atoms with Crippen molar-refractivity contribution in [3.8, 4) is 0 Å². The van der Waals surface area contributed by atoms with Gasteiger partial charge in [0.05, 0.1) is 0 Å². The summed E-state index contributed by atoms with van der Waals surface area (Å²) in [6.45, 7) is 8.53. The van der Waals surface area contributed by atoms with Gasteiger partial charge in [-0.15, -0.1) is 6.58 Å². The van der Waals surface area contributed by atoms with Crippen LogP contribution in [0.5, 0.6) is 0 Å². The van der Waals surface area contributed by atoms with Crippen molar-refractivity contribution in [3.63, 3.8) is 0 Å². The van der Waals surface area contributed by atoms with Crippen LogP contribution in [0.25, 0.3) is 0 Å². The topological polar surface area (TPSA) is 38.3 Å². The van der Waals surface area contributed by atoms with Gasteiger partial charge in [0.2, 0.25) is 0 Å². The number of rotatable bonds is 4. The molecule has 0 spiro atoms. The summed E-state index contributed by atoms with van der Waals surface area (Å²) in [5.41, 5.74) is 0. The van der Waals surface area contributed by atoms with Crippen LogP contribution in [0.4, 0.5) is 0 Å². The van der Waals surface area contributed by atoms with Crippen molar-refractivity contribution in [1.82, 2.24) is 5.32 Å². The highest BCUT2D eigenvalue weighted by Crippen LogP contribution is 2.13. The molecule has 1 saturated heterocycles. The SMILES string of the molecule is C=C[C@@H](C)[C@@H](C)OC(=O)[C@@H]1CCCCN1. The number of hydrogen-bond donors (Lipinski definition) is 1. The largest absolute Gasteiger partial charge is 0.461 e. The van der Waals surface area contributed by atoms with E-state index in [0.717, 1.165) is 25.8 Å². The molecule has 0 saturated carbocycles. The number of hydrogen-bond acceptors (Lipinski definition) is 3. The lowest BCUT2D eigenvalue weighted by Crippen LogP contribution is -2.42. The highest BCUT2D eigenvalue weighted by atomic mass is 16.5. The minimum Gasteiger partial charge on any atom is -0.461 e. The Morgan fingerprint density at radius 1 is 1.53 bits per heavy atom. The molecule has 0 bridgehead atoms. The molecular weight excluding hydrogens is 190 g/mol. The van der Waals surface area contributed by atoms with Crippen LogP contribution >= 0.6 is 0 Å². The standard InChI is InChI=1S/C12H21NO2/c1-4-9(2)10(3)15-12(14)11-7-5-6-8-13-11/h4,9-11,13H,1,5-8H2,2-3H3/t9-,10-,11+/m1/s1. The van der Waals surface area contributed by atoms with E-state index in [9.17, 15) is 4.79 Å². The molecule has 0 amide bonds. The molecule has 1 fully saturated rings. The predicted molar refractivity (Wildman–Crippen MR) is 60.6 cm³/mol. The Hall–Kier alpha value is -0.830. The summed E-state index contributed by atoms with van der Waals surface area (Å²) in [7, 11) is 0. The molecule has 0 aromatic heterocycles. The fourth-order valence-corrected chi connectivity index (χ4v) is 1.62. The Bertz CT molecular complexity index is 222. The van der Waals surface area contributed by atoms with Crippen molar-refractivity contribution in [2.75, 3.05) is 6.54 Å². The first-order valence-corrected chi connectivity index (χ1v) is 5.71. The third-order valence-electron chi connectivity index (χ3n) is 3.01. The molecule has 0 aliphatic carbocycles. The van der Waals surface area contributed by atoms with Crippen molar-refractivity contribution in [2.24, 2.45) is 5.92 Å². The Morgan fingerprint density at radius 3 is 2.80 bits per heavy atom. The molecule has 3 atom stereocenters. The first-order chi connectivity index (χ1) is 7.15. The number of piperidine rings is 1. The first kappa shape index (κ1) is 12.2. The minimum atomic E-state index is -0.115. The molecule has 1 rings (SSSR count). The van der Waals surface area contributed by atoms with Gasteiger partial charge in [0, 0.05) is 5.92 Å². The van der Waals surface area contributed by atoms with Crippen LogP contribution < -0.4 is 5.32 Å². The molecule has 0 aromatic carbocycles. The second-order valence-electron chi connectivity index (χ2n) is 4.24. The first-order valence-electron chi connectivity index (χ1n) is 5.71. The maximum Gasteiger partial charge on any atom is 0.323 e. The summed E-state index contributed by atoms with van der Waals surface area (Å²) in [5, 5.41) is 3.18. The van der Waals surface area contributed by atoms with E-state index >= 15 is 0 Å². The highest BCUT2D eigenvalue weighted by molar-refractivity contribution is 5.76. The quantitative estimate of drug-likeness (QED) is 0.570. The molecule has 86 valence electrons. The summed E-state index contributed by atoms with van der Waals surface area (Å²) in [5.74, 6) is 0.0911. The second-order valence-corrected chi connectivity index (χ2v) is 4.24. The maximum absolute atomic E-state index is 11.7. The number of ether oxygens (including phenoxy) is 1. The van der Waals surface area contributed by atoms with Gasteiger partial charge in [0.1, 0.15) is 12.1 Å². The zero-order chi connectivity index (χ0) is 11.3. The van der Waals surface area contributed by atoms with Crippen molar-refractivity contribution >= 4 is 5.97 Å². The van der Waals surface area contributed by atoms with E-state index in [1.165, 1.54) is 0 Å². The average molecular weight is 211 g/mol. The summed E-state index contributed by atoms with van der Waals surface area (Å²) >= 11 is 0. The normalized spacial score (nSPS) is 25.3. The van der Waals surface area contributed by atoms with Crippen LogP contribution in [0.3, 0.4) is 0 Å². The summed E-state index contributed by atoms with van der Waals surface area (Å²) in [4.78, 5) is 11.7. The monoisotopic (exact) mass is 211 g/mol. The zero-order valence-electron chi connectivity index (χ0n) is 9.66. The second kappa shape index (κ2) is 5.91. The Kier molecular flexibility index (Phi) is 4.82. The number of esters is 1. The van der Waals surface area contributed by atoms with Crippen molar-refractivity contribution < 1.29 is 9.53 Å². The van der Waals surface area contributed by atoms with Gasteiger partial charge in [0.15, 0.2) is 0 Å². The summed E-state index contributed by atoms with van der Waals surface area (Å²) < 4.78 is 5.37. The molecule has 1 aliphatic heterocycles. The molecule has 0 radical (unpaired) electrons. The van der Waals surface area contributed by atoms with Crippen LogP contribution in [-0.2, 0) is 9.53 Å². The van der Waals surface area contributed by atoms with Crippen molar-refractivity contribution in [2.45, 2.75) is 45.3 Å². The van der Waals surface area contributed by atoms with E-state index < -0.39 is 0 Å². The van der Waals surface area contributed by atoms with Gasteiger partial charge in [-0.05, 0) is 26.3 Å².